The molecule has 10 nitrogen and oxygen atoms in total. The Labute approximate surface area is 213 Å². The highest BCUT2D eigenvalue weighted by Crippen LogP contribution is 2.32. The van der Waals surface area contributed by atoms with E-state index in [-0.39, 0.29) is 18.3 Å². The summed E-state index contributed by atoms with van der Waals surface area (Å²) in [5.74, 6) is 0. The van der Waals surface area contributed by atoms with E-state index in [1.54, 1.807) is 33.3 Å². The van der Waals surface area contributed by atoms with E-state index >= 15 is 0 Å². The van der Waals surface area contributed by atoms with Gasteiger partial charge in [0.1, 0.15) is 0 Å². The molecule has 11 heteroatoms. The fourth-order valence-electron chi connectivity index (χ4n) is 5.27. The van der Waals surface area contributed by atoms with E-state index in [2.05, 4.69) is 15.1 Å². The van der Waals surface area contributed by atoms with Gasteiger partial charge in [-0.3, -0.25) is 23.8 Å². The molecule has 1 aliphatic heterocycles. The van der Waals surface area contributed by atoms with E-state index in [0.29, 0.717) is 13.0 Å². The molecule has 1 aliphatic rings. The minimum absolute atomic E-state index is 0.169. The van der Waals surface area contributed by atoms with Gasteiger partial charge in [0.25, 0.3) is 0 Å². The van der Waals surface area contributed by atoms with Crippen molar-refractivity contribution in [3.05, 3.63) is 65.6 Å². The van der Waals surface area contributed by atoms with Crippen molar-refractivity contribution >= 4 is 32.0 Å². The van der Waals surface area contributed by atoms with Crippen LogP contribution in [0.1, 0.15) is 18.9 Å². The first-order chi connectivity index (χ1) is 17.7. The Balaban J connectivity index is 1.48. The molecule has 0 N–H and O–H groups in total. The molecular weight excluding hydrogens is 490 g/mol. The normalized spacial score (nSPS) is 17.1. The minimum Gasteiger partial charge on any atom is -0.293 e. The molecule has 0 bridgehead atoms. The molecule has 5 heterocycles. The number of rotatable bonds is 4. The Morgan fingerprint density at radius 2 is 1.78 bits per heavy atom. The number of hydrogen-bond acceptors (Lipinski definition) is 6. The number of hydrogen-bond donors (Lipinski definition) is 0. The number of benzene rings is 1. The van der Waals surface area contributed by atoms with Crippen molar-refractivity contribution in [3.63, 3.8) is 0 Å². The van der Waals surface area contributed by atoms with Gasteiger partial charge in [0.15, 0.2) is 0 Å². The third kappa shape index (κ3) is 4.04. The van der Waals surface area contributed by atoms with E-state index in [4.69, 9.17) is 0 Å². The predicted molar refractivity (Wildman–Crippen MR) is 143 cm³/mol. The highest BCUT2D eigenvalue weighted by atomic mass is 32.2. The van der Waals surface area contributed by atoms with Crippen LogP contribution in [0.4, 0.5) is 0 Å². The standard InChI is InChI=1S/C26H27N7O3S/c1-30-15-19(13-29-30)22-8-7-18(12-27-22)17-6-9-23-21(11-17)25-24(14-28-23)31(2)26(34)33(25)20-5-4-10-32(16-20)37(3,35)36/h6-9,11-15,20H,4-5,10,16H2,1-3H3/t20-/m1/s1. The van der Waals surface area contributed by atoms with Crippen LogP contribution in [0.2, 0.25) is 0 Å². The van der Waals surface area contributed by atoms with E-state index in [9.17, 15) is 13.2 Å². The van der Waals surface area contributed by atoms with Gasteiger partial charge in [-0.25, -0.2) is 17.5 Å². The van der Waals surface area contributed by atoms with E-state index in [1.807, 2.05) is 49.8 Å². The first kappa shape index (κ1) is 23.6. The lowest BCUT2D eigenvalue weighted by Crippen LogP contribution is -2.42. The number of fused-ring (bicyclic) bond motifs is 3. The van der Waals surface area contributed by atoms with Crippen LogP contribution in [0.3, 0.4) is 0 Å². The van der Waals surface area contributed by atoms with Gasteiger partial charge in [0, 0.05) is 56.1 Å². The topological polar surface area (TPSA) is 108 Å². The Morgan fingerprint density at radius 1 is 0.973 bits per heavy atom. The largest absolute Gasteiger partial charge is 0.329 e. The molecule has 0 amide bonds. The van der Waals surface area contributed by atoms with Crippen molar-refractivity contribution in [3.8, 4) is 22.4 Å². The summed E-state index contributed by atoms with van der Waals surface area (Å²) in [6.07, 6.45) is 9.91. The second-order valence-corrected chi connectivity index (χ2v) is 11.7. The molecule has 0 aliphatic carbocycles. The summed E-state index contributed by atoms with van der Waals surface area (Å²) in [7, 11) is 0.258. The van der Waals surface area contributed by atoms with Crippen molar-refractivity contribution < 1.29 is 8.42 Å². The maximum Gasteiger partial charge on any atom is 0.329 e. The average Bonchev–Trinajstić information content (AvgIpc) is 3.44. The van der Waals surface area contributed by atoms with Crippen molar-refractivity contribution in [2.45, 2.75) is 18.9 Å². The zero-order valence-electron chi connectivity index (χ0n) is 20.9. The third-order valence-electron chi connectivity index (χ3n) is 7.21. The van der Waals surface area contributed by atoms with Gasteiger partial charge in [0.05, 0.1) is 46.9 Å². The molecule has 0 saturated carbocycles. The molecule has 0 radical (unpaired) electrons. The third-order valence-corrected chi connectivity index (χ3v) is 8.48. The van der Waals surface area contributed by atoms with Crippen LogP contribution in [0, 0.1) is 0 Å². The summed E-state index contributed by atoms with van der Waals surface area (Å²) in [5, 5.41) is 5.06. The lowest BCUT2D eigenvalue weighted by Gasteiger charge is -2.31. The van der Waals surface area contributed by atoms with Crippen LogP contribution >= 0.6 is 0 Å². The van der Waals surface area contributed by atoms with Crippen LogP contribution in [0.5, 0.6) is 0 Å². The van der Waals surface area contributed by atoms with Gasteiger partial charge in [-0.2, -0.15) is 5.10 Å². The monoisotopic (exact) mass is 517 g/mol. The maximum atomic E-state index is 13.4. The number of aryl methyl sites for hydroxylation is 2. The van der Waals surface area contributed by atoms with E-state index in [1.165, 1.54) is 10.6 Å². The van der Waals surface area contributed by atoms with Gasteiger partial charge >= 0.3 is 5.69 Å². The number of sulfonamides is 1. The average molecular weight is 518 g/mol. The summed E-state index contributed by atoms with van der Waals surface area (Å²) < 4.78 is 31.1. The highest BCUT2D eigenvalue weighted by Gasteiger charge is 2.30. The predicted octanol–water partition coefficient (Wildman–Crippen LogP) is 2.95. The molecule has 4 aromatic heterocycles. The summed E-state index contributed by atoms with van der Waals surface area (Å²) in [6.45, 7) is 0.754. The number of piperidine rings is 1. The molecule has 190 valence electrons. The number of aromatic nitrogens is 6. The molecule has 37 heavy (non-hydrogen) atoms. The first-order valence-electron chi connectivity index (χ1n) is 12.1. The summed E-state index contributed by atoms with van der Waals surface area (Å²) in [6, 6.07) is 9.72. The number of pyridine rings is 2. The quantitative estimate of drug-likeness (QED) is 0.363. The van der Waals surface area contributed by atoms with Gasteiger partial charge in [-0.15, -0.1) is 0 Å². The molecule has 1 aromatic carbocycles. The second kappa shape index (κ2) is 8.63. The molecule has 0 unspecified atom stereocenters. The van der Waals surface area contributed by atoms with Crippen LogP contribution in [-0.4, -0.2) is 61.0 Å². The fourth-order valence-corrected chi connectivity index (χ4v) is 6.17. The van der Waals surface area contributed by atoms with Crippen molar-refractivity contribution in [2.24, 2.45) is 14.1 Å². The Kier molecular flexibility index (Phi) is 5.50. The van der Waals surface area contributed by atoms with Crippen molar-refractivity contribution in [1.29, 1.82) is 0 Å². The molecule has 6 rings (SSSR count). The van der Waals surface area contributed by atoms with Gasteiger partial charge in [-0.05, 0) is 36.6 Å². The van der Waals surface area contributed by atoms with Gasteiger partial charge in [-0.1, -0.05) is 12.1 Å². The molecule has 0 spiro atoms. The van der Waals surface area contributed by atoms with E-state index < -0.39 is 10.0 Å². The Morgan fingerprint density at radius 3 is 2.49 bits per heavy atom. The number of imidazole rings is 1. The Bertz CT molecular complexity index is 1820. The van der Waals surface area contributed by atoms with Crippen molar-refractivity contribution in [1.82, 2.24) is 33.2 Å². The molecule has 1 fully saturated rings. The Hall–Kier alpha value is -3.83. The molecular formula is C26H27N7O3S. The van der Waals surface area contributed by atoms with Crippen LogP contribution in [0.25, 0.3) is 44.3 Å². The van der Waals surface area contributed by atoms with Gasteiger partial charge < -0.3 is 0 Å². The lowest BCUT2D eigenvalue weighted by molar-refractivity contribution is 0.267. The zero-order valence-corrected chi connectivity index (χ0v) is 21.7. The fraction of sp³-hybridized carbons (Fsp3) is 0.308. The molecule has 5 aromatic rings. The molecule has 1 saturated heterocycles. The van der Waals surface area contributed by atoms with E-state index in [0.717, 1.165) is 50.7 Å². The first-order valence-corrected chi connectivity index (χ1v) is 14.0. The SMILES string of the molecule is Cn1cc(-c2ccc(-c3ccc4ncc5c(c4c3)n([C@@H]3CCCN(S(C)(=O)=O)C3)c(=O)n5C)cn2)cn1. The zero-order chi connectivity index (χ0) is 25.9. The minimum atomic E-state index is -3.35. The summed E-state index contributed by atoms with van der Waals surface area (Å²) >= 11 is 0. The summed E-state index contributed by atoms with van der Waals surface area (Å²) in [4.78, 5) is 22.7. The molecule has 1 atom stereocenters. The maximum absolute atomic E-state index is 13.4. The number of nitrogens with zero attached hydrogens (tertiary/aromatic N) is 7. The summed E-state index contributed by atoms with van der Waals surface area (Å²) in [5.41, 5.74) is 5.78. The van der Waals surface area contributed by atoms with Crippen LogP contribution in [-0.2, 0) is 24.1 Å². The smallest absolute Gasteiger partial charge is 0.293 e. The van der Waals surface area contributed by atoms with Crippen LogP contribution in [0.15, 0.2) is 59.9 Å². The van der Waals surface area contributed by atoms with Crippen LogP contribution < -0.4 is 5.69 Å². The van der Waals surface area contributed by atoms with Gasteiger partial charge in [0.2, 0.25) is 10.0 Å². The lowest BCUT2D eigenvalue weighted by atomic mass is 10.0. The van der Waals surface area contributed by atoms with Crippen molar-refractivity contribution in [2.75, 3.05) is 19.3 Å². The highest BCUT2D eigenvalue weighted by molar-refractivity contribution is 7.88. The second-order valence-electron chi connectivity index (χ2n) is 9.69.